The van der Waals surface area contributed by atoms with Gasteiger partial charge in [0.15, 0.2) is 5.13 Å². The normalized spacial score (nSPS) is 10.9. The molecular weight excluding hydrogens is 305 g/mol. The first-order valence-corrected chi connectivity index (χ1v) is 8.16. The van der Waals surface area contributed by atoms with E-state index >= 15 is 0 Å². The number of hydrogen-bond acceptors (Lipinski definition) is 5. The molecule has 0 bridgehead atoms. The molecule has 3 rings (SSSR count). The van der Waals surface area contributed by atoms with Gasteiger partial charge in [-0.3, -0.25) is 0 Å². The van der Waals surface area contributed by atoms with E-state index < -0.39 is 0 Å². The standard InChI is InChI=1S/C15H14FN3S2/c1-8-5-4-6-11(16)13(8)19-15-18-12(7-20-15)14-9(2)17-10(3)21-14/h4-7H,1-3H3,(H,18,19). The summed E-state index contributed by atoms with van der Waals surface area (Å²) < 4.78 is 13.8. The highest BCUT2D eigenvalue weighted by Crippen LogP contribution is 2.33. The Morgan fingerprint density at radius 1 is 1.14 bits per heavy atom. The minimum absolute atomic E-state index is 0.267. The molecular formula is C15H14FN3S2. The second-order valence-corrected chi connectivity index (χ2v) is 6.80. The summed E-state index contributed by atoms with van der Waals surface area (Å²) in [5, 5.41) is 6.75. The minimum atomic E-state index is -0.267. The third-order valence-corrected chi connectivity index (χ3v) is 4.95. The quantitative estimate of drug-likeness (QED) is 0.732. The molecule has 0 saturated carbocycles. The van der Waals surface area contributed by atoms with Crippen molar-refractivity contribution in [2.24, 2.45) is 0 Å². The van der Waals surface area contributed by atoms with Gasteiger partial charge in [-0.1, -0.05) is 12.1 Å². The van der Waals surface area contributed by atoms with E-state index in [0.717, 1.165) is 26.8 Å². The van der Waals surface area contributed by atoms with E-state index in [-0.39, 0.29) is 5.82 Å². The number of nitrogens with one attached hydrogen (secondary N) is 1. The van der Waals surface area contributed by atoms with Crippen molar-refractivity contribution < 1.29 is 4.39 Å². The lowest BCUT2D eigenvalue weighted by Gasteiger charge is -2.07. The fourth-order valence-electron chi connectivity index (χ4n) is 2.10. The van der Waals surface area contributed by atoms with Crippen LogP contribution in [0.3, 0.4) is 0 Å². The number of rotatable bonds is 3. The molecule has 0 fully saturated rings. The van der Waals surface area contributed by atoms with Crippen LogP contribution in [-0.4, -0.2) is 9.97 Å². The highest BCUT2D eigenvalue weighted by molar-refractivity contribution is 7.16. The van der Waals surface area contributed by atoms with Gasteiger partial charge < -0.3 is 5.32 Å². The summed E-state index contributed by atoms with van der Waals surface area (Å²) in [6.45, 7) is 5.83. The summed E-state index contributed by atoms with van der Waals surface area (Å²) in [5.74, 6) is -0.267. The lowest BCUT2D eigenvalue weighted by atomic mass is 10.2. The van der Waals surface area contributed by atoms with Crippen LogP contribution in [-0.2, 0) is 0 Å². The van der Waals surface area contributed by atoms with Crippen molar-refractivity contribution in [3.8, 4) is 10.6 Å². The maximum atomic E-state index is 13.8. The molecule has 0 unspecified atom stereocenters. The number of benzene rings is 1. The Morgan fingerprint density at radius 2 is 1.95 bits per heavy atom. The van der Waals surface area contributed by atoms with Crippen molar-refractivity contribution in [1.82, 2.24) is 9.97 Å². The van der Waals surface area contributed by atoms with Crippen LogP contribution >= 0.6 is 22.7 Å². The van der Waals surface area contributed by atoms with Crippen molar-refractivity contribution in [1.29, 1.82) is 0 Å². The van der Waals surface area contributed by atoms with Crippen LogP contribution in [0.4, 0.5) is 15.2 Å². The molecule has 0 aliphatic rings. The Bertz CT molecular complexity index is 772. The highest BCUT2D eigenvalue weighted by Gasteiger charge is 2.13. The van der Waals surface area contributed by atoms with Gasteiger partial charge in [0.25, 0.3) is 0 Å². The SMILES string of the molecule is Cc1nc(C)c(-c2csc(Nc3c(C)cccc3F)n2)s1. The topological polar surface area (TPSA) is 37.8 Å². The van der Waals surface area contributed by atoms with Crippen LogP contribution in [0, 0.1) is 26.6 Å². The van der Waals surface area contributed by atoms with Crippen molar-refractivity contribution >= 4 is 33.5 Å². The third-order valence-electron chi connectivity index (χ3n) is 3.09. The molecule has 0 spiro atoms. The van der Waals surface area contributed by atoms with E-state index in [1.165, 1.54) is 17.4 Å². The number of para-hydroxylation sites is 1. The van der Waals surface area contributed by atoms with Crippen LogP contribution in [0.15, 0.2) is 23.6 Å². The van der Waals surface area contributed by atoms with Gasteiger partial charge in [0.05, 0.1) is 27.0 Å². The average Bonchev–Trinajstić information content (AvgIpc) is 3.00. The van der Waals surface area contributed by atoms with Crippen molar-refractivity contribution in [2.75, 3.05) is 5.32 Å². The van der Waals surface area contributed by atoms with E-state index in [4.69, 9.17) is 0 Å². The molecule has 1 N–H and O–H groups in total. The molecule has 3 nitrogen and oxygen atoms in total. The van der Waals surface area contributed by atoms with Crippen molar-refractivity contribution in [3.05, 3.63) is 45.7 Å². The molecule has 0 amide bonds. The average molecular weight is 319 g/mol. The van der Waals surface area contributed by atoms with E-state index in [9.17, 15) is 4.39 Å². The molecule has 0 atom stereocenters. The number of halogens is 1. The molecule has 0 radical (unpaired) electrons. The lowest BCUT2D eigenvalue weighted by molar-refractivity contribution is 0.631. The van der Waals surface area contributed by atoms with Gasteiger partial charge in [0, 0.05) is 5.38 Å². The monoisotopic (exact) mass is 319 g/mol. The van der Waals surface area contributed by atoms with E-state index in [2.05, 4.69) is 15.3 Å². The molecule has 21 heavy (non-hydrogen) atoms. The molecule has 2 heterocycles. The summed E-state index contributed by atoms with van der Waals surface area (Å²) >= 11 is 3.09. The highest BCUT2D eigenvalue weighted by atomic mass is 32.1. The first kappa shape index (κ1) is 14.2. The summed E-state index contributed by atoms with van der Waals surface area (Å²) in [7, 11) is 0. The van der Waals surface area contributed by atoms with Gasteiger partial charge in [-0.2, -0.15) is 0 Å². The van der Waals surface area contributed by atoms with Gasteiger partial charge in [-0.25, -0.2) is 14.4 Å². The Morgan fingerprint density at radius 3 is 2.62 bits per heavy atom. The van der Waals surface area contributed by atoms with Gasteiger partial charge in [-0.15, -0.1) is 22.7 Å². The van der Waals surface area contributed by atoms with Crippen molar-refractivity contribution in [3.63, 3.8) is 0 Å². The molecule has 6 heteroatoms. The zero-order valence-corrected chi connectivity index (χ0v) is 13.5. The summed E-state index contributed by atoms with van der Waals surface area (Å²) in [4.78, 5) is 10.0. The summed E-state index contributed by atoms with van der Waals surface area (Å²) in [6, 6.07) is 5.02. The zero-order valence-electron chi connectivity index (χ0n) is 11.9. The van der Waals surface area contributed by atoms with Crippen LogP contribution in [0.1, 0.15) is 16.3 Å². The summed E-state index contributed by atoms with van der Waals surface area (Å²) in [5.41, 5.74) is 3.21. The fourth-order valence-corrected chi connectivity index (χ4v) is 3.76. The van der Waals surface area contributed by atoms with Crippen LogP contribution < -0.4 is 5.32 Å². The zero-order chi connectivity index (χ0) is 15.0. The molecule has 1 aromatic carbocycles. The molecule has 2 aromatic heterocycles. The third kappa shape index (κ3) is 2.82. The van der Waals surface area contributed by atoms with Crippen LogP contribution in [0.5, 0.6) is 0 Å². The second-order valence-electron chi connectivity index (χ2n) is 4.74. The molecule has 0 saturated heterocycles. The number of aryl methyl sites for hydroxylation is 3. The van der Waals surface area contributed by atoms with Gasteiger partial charge in [0.1, 0.15) is 5.82 Å². The van der Waals surface area contributed by atoms with Crippen molar-refractivity contribution in [2.45, 2.75) is 20.8 Å². The Balaban J connectivity index is 1.91. The molecule has 3 aromatic rings. The van der Waals surface area contributed by atoms with Crippen LogP contribution in [0.2, 0.25) is 0 Å². The maximum absolute atomic E-state index is 13.8. The molecule has 0 aliphatic heterocycles. The van der Waals surface area contributed by atoms with Gasteiger partial charge in [0.2, 0.25) is 0 Å². The minimum Gasteiger partial charge on any atom is -0.329 e. The van der Waals surface area contributed by atoms with E-state index in [0.29, 0.717) is 10.8 Å². The van der Waals surface area contributed by atoms with E-state index in [1.807, 2.05) is 32.2 Å². The van der Waals surface area contributed by atoms with Crippen LogP contribution in [0.25, 0.3) is 10.6 Å². The Kier molecular flexibility index (Phi) is 3.73. The predicted molar refractivity (Wildman–Crippen MR) is 87.1 cm³/mol. The van der Waals surface area contributed by atoms with E-state index in [1.54, 1.807) is 17.4 Å². The Hall–Kier alpha value is -1.79. The number of thiazole rings is 2. The number of anilines is 2. The van der Waals surface area contributed by atoms with Gasteiger partial charge in [-0.05, 0) is 32.4 Å². The molecule has 0 aliphatic carbocycles. The lowest BCUT2D eigenvalue weighted by Crippen LogP contribution is -1.96. The second kappa shape index (κ2) is 5.54. The predicted octanol–water partition coefficient (Wildman–Crippen LogP) is 5.07. The largest absolute Gasteiger partial charge is 0.329 e. The molecule has 108 valence electrons. The smallest absolute Gasteiger partial charge is 0.187 e. The summed E-state index contributed by atoms with van der Waals surface area (Å²) in [6.07, 6.45) is 0. The van der Waals surface area contributed by atoms with Gasteiger partial charge >= 0.3 is 0 Å². The number of aromatic nitrogens is 2. The Labute approximate surface area is 130 Å². The first-order chi connectivity index (χ1) is 10.0. The fraction of sp³-hybridized carbons (Fsp3) is 0.200. The number of nitrogens with zero attached hydrogens (tertiary/aromatic N) is 2. The number of hydrogen-bond donors (Lipinski definition) is 1. The first-order valence-electron chi connectivity index (χ1n) is 6.46. The maximum Gasteiger partial charge on any atom is 0.187 e.